The fraction of sp³-hybridized carbons (Fsp3) is 0.750. The molecule has 1 heterocycles. The highest BCUT2D eigenvalue weighted by atomic mass is 32.2. The minimum Gasteiger partial charge on any atom is -0.481 e. The Labute approximate surface area is 121 Å². The molecule has 0 radical (unpaired) electrons. The van der Waals surface area contributed by atoms with E-state index in [9.17, 15) is 14.4 Å². The number of aliphatic carboxylic acids is 2. The second-order valence-corrected chi connectivity index (χ2v) is 5.96. The van der Waals surface area contributed by atoms with E-state index in [-0.39, 0.29) is 12.8 Å². The third-order valence-corrected chi connectivity index (χ3v) is 4.19. The molecule has 0 aromatic carbocycles. The van der Waals surface area contributed by atoms with Crippen molar-refractivity contribution in [3.63, 3.8) is 0 Å². The van der Waals surface area contributed by atoms with Crippen LogP contribution in [0, 0.1) is 5.92 Å². The summed E-state index contributed by atoms with van der Waals surface area (Å²) in [7, 11) is 0. The first-order valence-corrected chi connectivity index (χ1v) is 7.71. The Hall–Kier alpha value is -1.44. The van der Waals surface area contributed by atoms with Gasteiger partial charge in [-0.05, 0) is 36.7 Å². The van der Waals surface area contributed by atoms with Crippen LogP contribution in [-0.2, 0) is 9.59 Å². The number of carboxylic acids is 2. The van der Waals surface area contributed by atoms with E-state index >= 15 is 0 Å². The molecule has 0 saturated carbocycles. The van der Waals surface area contributed by atoms with Crippen LogP contribution in [-0.4, -0.2) is 52.3 Å². The smallest absolute Gasteiger partial charge is 0.326 e. The molecular weight excluding hydrogens is 284 g/mol. The Bertz CT molecular complexity index is 358. The van der Waals surface area contributed by atoms with E-state index in [1.165, 1.54) is 0 Å². The van der Waals surface area contributed by atoms with Crippen molar-refractivity contribution in [1.29, 1.82) is 0 Å². The van der Waals surface area contributed by atoms with Crippen LogP contribution in [0.15, 0.2) is 0 Å². The van der Waals surface area contributed by atoms with E-state index in [1.54, 1.807) is 0 Å². The van der Waals surface area contributed by atoms with Crippen LogP contribution in [0.1, 0.15) is 25.7 Å². The Kier molecular flexibility index (Phi) is 7.21. The molecule has 0 aliphatic carbocycles. The number of urea groups is 1. The minimum absolute atomic E-state index is 0.127. The zero-order chi connectivity index (χ0) is 15.0. The van der Waals surface area contributed by atoms with Crippen molar-refractivity contribution >= 4 is 29.7 Å². The summed E-state index contributed by atoms with van der Waals surface area (Å²) < 4.78 is 0. The van der Waals surface area contributed by atoms with Crippen molar-refractivity contribution in [2.45, 2.75) is 31.7 Å². The van der Waals surface area contributed by atoms with Crippen molar-refractivity contribution in [2.75, 3.05) is 18.1 Å². The molecule has 1 aliphatic rings. The number of carbonyl (C=O) groups excluding carboxylic acids is 1. The lowest BCUT2D eigenvalue weighted by molar-refractivity contribution is -0.140. The third-order valence-electron chi connectivity index (χ3n) is 3.14. The summed E-state index contributed by atoms with van der Waals surface area (Å²) in [5.41, 5.74) is 0. The van der Waals surface area contributed by atoms with E-state index in [0.29, 0.717) is 12.5 Å². The summed E-state index contributed by atoms with van der Waals surface area (Å²) in [6.07, 6.45) is 1.67. The van der Waals surface area contributed by atoms with Crippen LogP contribution in [0.4, 0.5) is 4.79 Å². The van der Waals surface area contributed by atoms with Gasteiger partial charge < -0.3 is 20.8 Å². The zero-order valence-corrected chi connectivity index (χ0v) is 11.9. The van der Waals surface area contributed by atoms with Crippen LogP contribution >= 0.6 is 11.8 Å². The predicted molar refractivity (Wildman–Crippen MR) is 74.9 cm³/mol. The zero-order valence-electron chi connectivity index (χ0n) is 11.1. The molecule has 1 saturated heterocycles. The van der Waals surface area contributed by atoms with Gasteiger partial charge in [0.25, 0.3) is 0 Å². The van der Waals surface area contributed by atoms with Crippen LogP contribution in [0.3, 0.4) is 0 Å². The van der Waals surface area contributed by atoms with Crippen molar-refractivity contribution in [1.82, 2.24) is 10.6 Å². The average molecular weight is 304 g/mol. The Morgan fingerprint density at radius 2 is 1.85 bits per heavy atom. The number of hydrogen-bond acceptors (Lipinski definition) is 4. The molecule has 2 amide bonds. The molecular formula is C12H20N2O5S. The largest absolute Gasteiger partial charge is 0.481 e. The van der Waals surface area contributed by atoms with Gasteiger partial charge in [0.15, 0.2) is 0 Å². The minimum atomic E-state index is -1.23. The van der Waals surface area contributed by atoms with Gasteiger partial charge >= 0.3 is 18.0 Å². The number of nitrogens with one attached hydrogen (secondary N) is 2. The summed E-state index contributed by atoms with van der Waals surface area (Å²) in [5.74, 6) is 0.298. The maximum Gasteiger partial charge on any atom is 0.326 e. The van der Waals surface area contributed by atoms with Crippen LogP contribution in [0.2, 0.25) is 0 Å². The Balaban J connectivity index is 2.29. The molecule has 114 valence electrons. The molecule has 0 spiro atoms. The fourth-order valence-corrected chi connectivity index (χ4v) is 3.13. The monoisotopic (exact) mass is 304 g/mol. The molecule has 8 heteroatoms. The van der Waals surface area contributed by atoms with Crippen molar-refractivity contribution in [3.05, 3.63) is 0 Å². The maximum atomic E-state index is 11.6. The highest BCUT2D eigenvalue weighted by molar-refractivity contribution is 7.99. The van der Waals surface area contributed by atoms with Crippen LogP contribution in [0.5, 0.6) is 0 Å². The molecule has 1 fully saturated rings. The number of amides is 2. The van der Waals surface area contributed by atoms with Gasteiger partial charge in [0.05, 0.1) is 0 Å². The second-order valence-electron chi connectivity index (χ2n) is 4.73. The van der Waals surface area contributed by atoms with Gasteiger partial charge in [0.1, 0.15) is 6.04 Å². The van der Waals surface area contributed by atoms with Crippen molar-refractivity contribution in [2.24, 2.45) is 5.92 Å². The van der Waals surface area contributed by atoms with E-state index in [0.717, 1.165) is 24.3 Å². The lowest BCUT2D eigenvalue weighted by Crippen LogP contribution is -2.47. The van der Waals surface area contributed by atoms with Crippen LogP contribution in [0.25, 0.3) is 0 Å². The summed E-state index contributed by atoms with van der Waals surface area (Å²) in [6, 6.07) is -1.73. The summed E-state index contributed by atoms with van der Waals surface area (Å²) >= 11 is 1.90. The molecule has 1 atom stereocenters. The van der Waals surface area contributed by atoms with E-state index in [4.69, 9.17) is 10.2 Å². The molecule has 1 aliphatic heterocycles. The van der Waals surface area contributed by atoms with Gasteiger partial charge in [0.2, 0.25) is 0 Å². The number of rotatable bonds is 7. The molecule has 20 heavy (non-hydrogen) atoms. The lowest BCUT2D eigenvalue weighted by Gasteiger charge is -2.22. The first kappa shape index (κ1) is 16.6. The molecule has 4 N–H and O–H groups in total. The van der Waals surface area contributed by atoms with Gasteiger partial charge in [-0.3, -0.25) is 4.79 Å². The maximum absolute atomic E-state index is 11.6. The first-order chi connectivity index (χ1) is 9.49. The highest BCUT2D eigenvalue weighted by Crippen LogP contribution is 2.21. The van der Waals surface area contributed by atoms with Gasteiger partial charge in [-0.2, -0.15) is 11.8 Å². The summed E-state index contributed by atoms with van der Waals surface area (Å²) in [6.45, 7) is 0.525. The third kappa shape index (κ3) is 6.65. The number of carboxylic acid groups (broad SMARTS) is 2. The molecule has 7 nitrogen and oxygen atoms in total. The van der Waals surface area contributed by atoms with Crippen LogP contribution < -0.4 is 10.6 Å². The van der Waals surface area contributed by atoms with Gasteiger partial charge in [-0.25, -0.2) is 9.59 Å². The van der Waals surface area contributed by atoms with E-state index in [1.807, 2.05) is 11.8 Å². The Morgan fingerprint density at radius 3 is 2.40 bits per heavy atom. The normalized spacial score (nSPS) is 17.2. The number of thioether (sulfide) groups is 1. The quantitative estimate of drug-likeness (QED) is 0.551. The van der Waals surface area contributed by atoms with E-state index < -0.39 is 24.0 Å². The summed E-state index contributed by atoms with van der Waals surface area (Å²) in [5, 5.41) is 22.4. The van der Waals surface area contributed by atoms with Crippen molar-refractivity contribution < 1.29 is 24.6 Å². The molecule has 0 bridgehead atoms. The number of hydrogen-bond donors (Lipinski definition) is 4. The molecule has 1 unspecified atom stereocenters. The Morgan fingerprint density at radius 1 is 1.20 bits per heavy atom. The predicted octanol–water partition coefficient (Wildman–Crippen LogP) is 0.747. The standard InChI is InChI=1S/C12H20N2O5S/c15-10(16)2-1-9(11(17)18)14-12(19)13-7-8-3-5-20-6-4-8/h8-9H,1-7H2,(H,15,16)(H,17,18)(H2,13,14,19). The van der Waals surface area contributed by atoms with Gasteiger partial charge in [-0.1, -0.05) is 0 Å². The molecule has 0 aromatic rings. The SMILES string of the molecule is O=C(O)CCC(NC(=O)NCC1CCSCC1)C(=O)O. The first-order valence-electron chi connectivity index (χ1n) is 6.55. The summed E-state index contributed by atoms with van der Waals surface area (Å²) in [4.78, 5) is 32.9. The van der Waals surface area contributed by atoms with Gasteiger partial charge in [0, 0.05) is 13.0 Å². The molecule has 1 rings (SSSR count). The number of carbonyl (C=O) groups is 3. The highest BCUT2D eigenvalue weighted by Gasteiger charge is 2.21. The average Bonchev–Trinajstić information content (AvgIpc) is 2.41. The fourth-order valence-electron chi connectivity index (χ4n) is 1.92. The molecule has 0 aromatic heterocycles. The van der Waals surface area contributed by atoms with Crippen molar-refractivity contribution in [3.8, 4) is 0 Å². The lowest BCUT2D eigenvalue weighted by atomic mass is 10.0. The van der Waals surface area contributed by atoms with E-state index in [2.05, 4.69) is 10.6 Å². The topological polar surface area (TPSA) is 116 Å². The second kappa shape index (κ2) is 8.68. The van der Waals surface area contributed by atoms with Gasteiger partial charge in [-0.15, -0.1) is 0 Å².